The maximum atomic E-state index is 12.9. The van der Waals surface area contributed by atoms with Gasteiger partial charge in [-0.15, -0.1) is 0 Å². The van der Waals surface area contributed by atoms with Crippen molar-refractivity contribution in [3.8, 4) is 0 Å². The van der Waals surface area contributed by atoms with Crippen LogP contribution in [-0.2, 0) is 22.4 Å². The Balaban J connectivity index is 1.97. The van der Waals surface area contributed by atoms with Gasteiger partial charge in [-0.25, -0.2) is 4.90 Å². The Morgan fingerprint density at radius 1 is 0.957 bits per heavy atom. The molecule has 0 aromatic heterocycles. The van der Waals surface area contributed by atoms with Gasteiger partial charge in [0.25, 0.3) is 11.8 Å². The molecule has 1 saturated heterocycles. The third-order valence-corrected chi connectivity index (χ3v) is 4.79. The zero-order chi connectivity index (χ0) is 16.4. The highest BCUT2D eigenvalue weighted by Gasteiger charge is 2.37. The van der Waals surface area contributed by atoms with E-state index in [-0.39, 0.29) is 11.8 Å². The van der Waals surface area contributed by atoms with Crippen LogP contribution < -0.4 is 4.90 Å². The smallest absolute Gasteiger partial charge is 0.281 e. The Kier molecular flexibility index (Phi) is 4.51. The van der Waals surface area contributed by atoms with Crippen molar-refractivity contribution in [2.24, 2.45) is 0 Å². The monoisotopic (exact) mass is 312 g/mol. The standard InChI is InChI=1S/C19H24N2O2/c1-3-14-9-8-10-15(4-2)18(14)21-17(22)13-16(19(21)23)20-11-6-5-7-12-20/h8-10,13H,3-7,11-12H2,1-2H3. The van der Waals surface area contributed by atoms with E-state index < -0.39 is 0 Å². The van der Waals surface area contributed by atoms with E-state index in [1.165, 1.54) is 17.4 Å². The molecular weight excluding hydrogens is 288 g/mol. The lowest BCUT2D eigenvalue weighted by Crippen LogP contribution is -2.38. The summed E-state index contributed by atoms with van der Waals surface area (Å²) >= 11 is 0. The summed E-state index contributed by atoms with van der Waals surface area (Å²) in [7, 11) is 0. The summed E-state index contributed by atoms with van der Waals surface area (Å²) < 4.78 is 0. The number of hydrogen-bond acceptors (Lipinski definition) is 3. The second kappa shape index (κ2) is 6.57. The maximum absolute atomic E-state index is 12.9. The van der Waals surface area contributed by atoms with Gasteiger partial charge in [0.05, 0.1) is 5.69 Å². The van der Waals surface area contributed by atoms with Crippen LogP contribution in [0.25, 0.3) is 0 Å². The van der Waals surface area contributed by atoms with Gasteiger partial charge in [-0.3, -0.25) is 9.59 Å². The minimum atomic E-state index is -0.203. The molecule has 0 bridgehead atoms. The fraction of sp³-hybridized carbons (Fsp3) is 0.474. The number of anilines is 1. The van der Waals surface area contributed by atoms with Crippen LogP contribution in [0.2, 0.25) is 0 Å². The summed E-state index contributed by atoms with van der Waals surface area (Å²) in [5.41, 5.74) is 3.48. The number of para-hydroxylation sites is 1. The van der Waals surface area contributed by atoms with Crippen molar-refractivity contribution < 1.29 is 9.59 Å². The minimum Gasteiger partial charge on any atom is -0.367 e. The molecule has 0 radical (unpaired) electrons. The van der Waals surface area contributed by atoms with Gasteiger partial charge in [-0.2, -0.15) is 0 Å². The van der Waals surface area contributed by atoms with Crippen molar-refractivity contribution in [1.82, 2.24) is 4.90 Å². The van der Waals surface area contributed by atoms with Crippen molar-refractivity contribution in [2.75, 3.05) is 18.0 Å². The molecule has 2 aliphatic heterocycles. The van der Waals surface area contributed by atoms with Gasteiger partial charge in [0.1, 0.15) is 5.70 Å². The van der Waals surface area contributed by atoms with Gasteiger partial charge >= 0.3 is 0 Å². The highest BCUT2D eigenvalue weighted by atomic mass is 16.2. The van der Waals surface area contributed by atoms with Crippen molar-refractivity contribution in [3.63, 3.8) is 0 Å². The van der Waals surface area contributed by atoms with Crippen LogP contribution in [0.1, 0.15) is 44.2 Å². The first kappa shape index (κ1) is 15.8. The van der Waals surface area contributed by atoms with Crippen molar-refractivity contribution in [1.29, 1.82) is 0 Å². The third-order valence-electron chi connectivity index (χ3n) is 4.79. The molecule has 4 heteroatoms. The van der Waals surface area contributed by atoms with Crippen molar-refractivity contribution in [2.45, 2.75) is 46.0 Å². The zero-order valence-corrected chi connectivity index (χ0v) is 14.0. The normalized spacial score (nSPS) is 18.6. The van der Waals surface area contributed by atoms with E-state index in [1.807, 2.05) is 18.2 Å². The summed E-state index contributed by atoms with van der Waals surface area (Å²) in [4.78, 5) is 29.0. The fourth-order valence-electron chi connectivity index (χ4n) is 3.53. The largest absolute Gasteiger partial charge is 0.367 e. The fourth-order valence-corrected chi connectivity index (χ4v) is 3.53. The molecule has 2 aliphatic rings. The Morgan fingerprint density at radius 2 is 1.57 bits per heavy atom. The molecule has 3 rings (SSSR count). The van der Waals surface area contributed by atoms with Gasteiger partial charge in [0.2, 0.25) is 0 Å². The van der Waals surface area contributed by atoms with E-state index in [4.69, 9.17) is 0 Å². The molecule has 2 heterocycles. The molecule has 0 unspecified atom stereocenters. The van der Waals surface area contributed by atoms with Crippen LogP contribution >= 0.6 is 0 Å². The number of aryl methyl sites for hydroxylation is 2. The van der Waals surface area contributed by atoms with Gasteiger partial charge in [0.15, 0.2) is 0 Å². The zero-order valence-electron chi connectivity index (χ0n) is 14.0. The van der Waals surface area contributed by atoms with Gasteiger partial charge in [0, 0.05) is 19.2 Å². The second-order valence-electron chi connectivity index (χ2n) is 6.19. The summed E-state index contributed by atoms with van der Waals surface area (Å²) in [5, 5.41) is 0. The Morgan fingerprint density at radius 3 is 2.13 bits per heavy atom. The molecule has 122 valence electrons. The van der Waals surface area contributed by atoms with E-state index in [9.17, 15) is 9.59 Å². The van der Waals surface area contributed by atoms with Crippen LogP contribution in [0.15, 0.2) is 30.0 Å². The number of likely N-dealkylation sites (tertiary alicyclic amines) is 1. The average Bonchev–Trinajstić information content (AvgIpc) is 2.89. The second-order valence-corrected chi connectivity index (χ2v) is 6.19. The van der Waals surface area contributed by atoms with Gasteiger partial charge in [-0.1, -0.05) is 32.0 Å². The van der Waals surface area contributed by atoms with Crippen LogP contribution in [0.4, 0.5) is 5.69 Å². The van der Waals surface area contributed by atoms with Crippen LogP contribution in [0.5, 0.6) is 0 Å². The number of imide groups is 1. The topological polar surface area (TPSA) is 40.6 Å². The highest BCUT2D eigenvalue weighted by Crippen LogP contribution is 2.32. The predicted octanol–water partition coefficient (Wildman–Crippen LogP) is 3.05. The van der Waals surface area contributed by atoms with E-state index in [0.29, 0.717) is 5.70 Å². The molecule has 1 aromatic carbocycles. The van der Waals surface area contributed by atoms with Crippen molar-refractivity contribution >= 4 is 17.5 Å². The Labute approximate surface area is 137 Å². The summed E-state index contributed by atoms with van der Waals surface area (Å²) in [6.45, 7) is 5.86. The average molecular weight is 312 g/mol. The molecular formula is C19H24N2O2. The third kappa shape index (κ3) is 2.78. The van der Waals surface area contributed by atoms with Gasteiger partial charge in [-0.05, 0) is 43.2 Å². The van der Waals surface area contributed by atoms with E-state index in [2.05, 4.69) is 18.7 Å². The molecule has 0 N–H and O–H groups in total. The quantitative estimate of drug-likeness (QED) is 0.802. The minimum absolute atomic E-state index is 0.160. The van der Waals surface area contributed by atoms with Gasteiger partial charge < -0.3 is 4.90 Å². The number of piperidine rings is 1. The lowest BCUT2D eigenvalue weighted by atomic mass is 10.0. The maximum Gasteiger partial charge on any atom is 0.281 e. The molecule has 1 fully saturated rings. The van der Waals surface area contributed by atoms with E-state index >= 15 is 0 Å². The first-order chi connectivity index (χ1) is 11.2. The van der Waals surface area contributed by atoms with Crippen LogP contribution in [0.3, 0.4) is 0 Å². The number of hydrogen-bond donors (Lipinski definition) is 0. The number of rotatable bonds is 4. The molecule has 23 heavy (non-hydrogen) atoms. The molecule has 0 spiro atoms. The van der Waals surface area contributed by atoms with Crippen LogP contribution in [0, 0.1) is 0 Å². The molecule has 0 atom stereocenters. The van der Waals surface area contributed by atoms with E-state index in [0.717, 1.165) is 55.6 Å². The number of nitrogens with zero attached hydrogens (tertiary/aromatic N) is 2. The highest BCUT2D eigenvalue weighted by molar-refractivity contribution is 6.30. The van der Waals surface area contributed by atoms with Crippen molar-refractivity contribution in [3.05, 3.63) is 41.1 Å². The first-order valence-electron chi connectivity index (χ1n) is 8.63. The molecule has 2 amide bonds. The van der Waals surface area contributed by atoms with E-state index in [1.54, 1.807) is 0 Å². The lowest BCUT2D eigenvalue weighted by molar-refractivity contribution is -0.121. The number of benzene rings is 1. The number of amides is 2. The summed E-state index contributed by atoms with van der Waals surface area (Å²) in [6, 6.07) is 6.02. The SMILES string of the molecule is CCc1cccc(CC)c1N1C(=O)C=C(N2CCCCC2)C1=O. The number of carbonyl (C=O) groups excluding carboxylic acids is 2. The van der Waals surface area contributed by atoms with Crippen LogP contribution in [-0.4, -0.2) is 29.8 Å². The Bertz CT molecular complexity index is 635. The summed E-state index contributed by atoms with van der Waals surface area (Å²) in [5.74, 6) is -0.362. The molecule has 0 aliphatic carbocycles. The molecule has 0 saturated carbocycles. The first-order valence-corrected chi connectivity index (χ1v) is 8.63. The molecule has 4 nitrogen and oxygen atoms in total. The number of carbonyl (C=O) groups is 2. The predicted molar refractivity (Wildman–Crippen MR) is 91.2 cm³/mol. The lowest BCUT2D eigenvalue weighted by Gasteiger charge is -2.29. The summed E-state index contributed by atoms with van der Waals surface area (Å²) in [6.07, 6.45) is 6.52. The Hall–Kier alpha value is -2.10. The molecule has 1 aromatic rings.